The van der Waals surface area contributed by atoms with Crippen LogP contribution in [0.3, 0.4) is 0 Å². The van der Waals surface area contributed by atoms with E-state index in [4.69, 9.17) is 5.73 Å². The SMILES string of the molecule is Cc1ncc(C(=O)NC(C)C(N)=O)s1. The first-order chi connectivity index (χ1) is 6.50. The van der Waals surface area contributed by atoms with Crippen molar-refractivity contribution in [2.75, 3.05) is 0 Å². The van der Waals surface area contributed by atoms with E-state index in [-0.39, 0.29) is 5.91 Å². The third-order valence-electron chi connectivity index (χ3n) is 1.62. The lowest BCUT2D eigenvalue weighted by Gasteiger charge is -2.07. The van der Waals surface area contributed by atoms with Gasteiger partial charge in [0.15, 0.2) is 0 Å². The summed E-state index contributed by atoms with van der Waals surface area (Å²) in [6.45, 7) is 3.34. The van der Waals surface area contributed by atoms with Gasteiger partial charge in [0, 0.05) is 0 Å². The zero-order valence-electron chi connectivity index (χ0n) is 7.90. The van der Waals surface area contributed by atoms with Gasteiger partial charge in [0.2, 0.25) is 5.91 Å². The number of nitrogens with two attached hydrogens (primary N) is 1. The van der Waals surface area contributed by atoms with Crippen LogP contribution in [-0.4, -0.2) is 22.8 Å². The van der Waals surface area contributed by atoms with Crippen molar-refractivity contribution in [3.8, 4) is 0 Å². The van der Waals surface area contributed by atoms with Gasteiger partial charge in [0.05, 0.1) is 11.2 Å². The van der Waals surface area contributed by atoms with Crippen LogP contribution < -0.4 is 11.1 Å². The van der Waals surface area contributed by atoms with Crippen LogP contribution in [0.4, 0.5) is 0 Å². The Balaban J connectivity index is 2.63. The molecule has 0 aromatic carbocycles. The Morgan fingerprint density at radius 1 is 1.64 bits per heavy atom. The molecule has 0 saturated heterocycles. The molecule has 0 radical (unpaired) electrons. The smallest absolute Gasteiger partial charge is 0.263 e. The summed E-state index contributed by atoms with van der Waals surface area (Å²) < 4.78 is 0. The predicted molar refractivity (Wildman–Crippen MR) is 53.0 cm³/mol. The van der Waals surface area contributed by atoms with E-state index in [9.17, 15) is 9.59 Å². The Labute approximate surface area is 85.3 Å². The van der Waals surface area contributed by atoms with Crippen LogP contribution in [0.2, 0.25) is 0 Å². The molecule has 2 amide bonds. The Bertz CT molecular complexity index is 361. The van der Waals surface area contributed by atoms with Gasteiger partial charge in [-0.05, 0) is 13.8 Å². The predicted octanol–water partition coefficient (Wildman–Crippen LogP) is 0.0551. The number of aromatic nitrogens is 1. The third-order valence-corrected chi connectivity index (χ3v) is 2.53. The van der Waals surface area contributed by atoms with E-state index in [0.717, 1.165) is 5.01 Å². The molecular weight excluding hydrogens is 202 g/mol. The van der Waals surface area contributed by atoms with Gasteiger partial charge in [-0.25, -0.2) is 4.98 Å². The van der Waals surface area contributed by atoms with Gasteiger partial charge in [-0.3, -0.25) is 9.59 Å². The number of nitrogens with zero attached hydrogens (tertiary/aromatic N) is 1. The summed E-state index contributed by atoms with van der Waals surface area (Å²) >= 11 is 1.27. The molecule has 6 heteroatoms. The summed E-state index contributed by atoms with van der Waals surface area (Å²) in [5.41, 5.74) is 5.00. The number of rotatable bonds is 3. The number of nitrogens with one attached hydrogen (secondary N) is 1. The second kappa shape index (κ2) is 4.19. The highest BCUT2D eigenvalue weighted by Crippen LogP contribution is 2.10. The van der Waals surface area contributed by atoms with Crippen molar-refractivity contribution < 1.29 is 9.59 Å². The molecule has 3 N–H and O–H groups in total. The van der Waals surface area contributed by atoms with E-state index >= 15 is 0 Å². The highest BCUT2D eigenvalue weighted by molar-refractivity contribution is 7.13. The molecule has 0 fully saturated rings. The van der Waals surface area contributed by atoms with E-state index in [1.54, 1.807) is 6.92 Å². The Morgan fingerprint density at radius 3 is 2.71 bits per heavy atom. The first-order valence-corrected chi connectivity index (χ1v) is 4.85. The van der Waals surface area contributed by atoms with Crippen LogP contribution in [0.25, 0.3) is 0 Å². The molecule has 1 aromatic heterocycles. The van der Waals surface area contributed by atoms with Crippen molar-refractivity contribution in [3.05, 3.63) is 16.1 Å². The lowest BCUT2D eigenvalue weighted by molar-refractivity contribution is -0.119. The second-order valence-corrected chi connectivity index (χ2v) is 4.08. The first-order valence-electron chi connectivity index (χ1n) is 4.03. The Morgan fingerprint density at radius 2 is 2.29 bits per heavy atom. The van der Waals surface area contributed by atoms with Gasteiger partial charge in [0.1, 0.15) is 10.9 Å². The quantitative estimate of drug-likeness (QED) is 0.744. The molecule has 14 heavy (non-hydrogen) atoms. The summed E-state index contributed by atoms with van der Waals surface area (Å²) in [5, 5.41) is 3.27. The van der Waals surface area contributed by atoms with E-state index in [2.05, 4.69) is 10.3 Å². The number of hydrogen-bond donors (Lipinski definition) is 2. The summed E-state index contributed by atoms with van der Waals surface area (Å²) in [4.78, 5) is 26.5. The normalized spacial score (nSPS) is 12.1. The van der Waals surface area contributed by atoms with Crippen molar-refractivity contribution >= 4 is 23.2 Å². The summed E-state index contributed by atoms with van der Waals surface area (Å²) in [5.74, 6) is -0.874. The molecule has 0 aliphatic heterocycles. The minimum atomic E-state index is -0.662. The summed E-state index contributed by atoms with van der Waals surface area (Å²) in [7, 11) is 0. The Hall–Kier alpha value is -1.43. The maximum Gasteiger partial charge on any atom is 0.263 e. The van der Waals surface area contributed by atoms with E-state index in [0.29, 0.717) is 4.88 Å². The highest BCUT2D eigenvalue weighted by Gasteiger charge is 2.15. The molecule has 0 spiro atoms. The molecule has 1 atom stereocenters. The van der Waals surface area contributed by atoms with Crippen molar-refractivity contribution in [1.29, 1.82) is 0 Å². The molecule has 1 heterocycles. The number of hydrogen-bond acceptors (Lipinski definition) is 4. The van der Waals surface area contributed by atoms with E-state index < -0.39 is 11.9 Å². The monoisotopic (exact) mass is 213 g/mol. The summed E-state index contributed by atoms with van der Waals surface area (Å²) in [6, 6.07) is -0.662. The van der Waals surface area contributed by atoms with Gasteiger partial charge < -0.3 is 11.1 Å². The van der Waals surface area contributed by atoms with Crippen molar-refractivity contribution in [2.45, 2.75) is 19.9 Å². The average Bonchev–Trinajstić information content (AvgIpc) is 2.51. The van der Waals surface area contributed by atoms with Crippen LogP contribution in [0.15, 0.2) is 6.20 Å². The molecule has 1 unspecified atom stereocenters. The van der Waals surface area contributed by atoms with E-state index in [1.807, 2.05) is 0 Å². The Kier molecular flexibility index (Phi) is 3.19. The number of carbonyl (C=O) groups is 2. The largest absolute Gasteiger partial charge is 0.368 e. The zero-order valence-corrected chi connectivity index (χ0v) is 8.72. The number of primary amides is 1. The van der Waals surface area contributed by atoms with Gasteiger partial charge in [-0.1, -0.05) is 0 Å². The average molecular weight is 213 g/mol. The molecule has 1 aromatic rings. The third kappa shape index (κ3) is 2.53. The standard InChI is InChI=1S/C8H11N3O2S/c1-4(7(9)12)11-8(13)6-3-10-5(2)14-6/h3-4H,1-2H3,(H2,9,12)(H,11,13). The minimum absolute atomic E-state index is 0.318. The molecule has 0 aliphatic carbocycles. The van der Waals surface area contributed by atoms with Crippen molar-refractivity contribution in [2.24, 2.45) is 5.73 Å². The molecule has 0 saturated carbocycles. The van der Waals surface area contributed by atoms with Crippen LogP contribution in [-0.2, 0) is 4.79 Å². The van der Waals surface area contributed by atoms with Crippen molar-refractivity contribution in [3.63, 3.8) is 0 Å². The lowest BCUT2D eigenvalue weighted by Crippen LogP contribution is -2.41. The fourth-order valence-electron chi connectivity index (χ4n) is 0.805. The maximum absolute atomic E-state index is 11.4. The molecule has 0 bridgehead atoms. The topological polar surface area (TPSA) is 85.1 Å². The number of carbonyl (C=O) groups excluding carboxylic acids is 2. The van der Waals surface area contributed by atoms with Crippen LogP contribution in [0.5, 0.6) is 0 Å². The van der Waals surface area contributed by atoms with Crippen LogP contribution in [0, 0.1) is 6.92 Å². The molecular formula is C8H11N3O2S. The number of aryl methyl sites for hydroxylation is 1. The minimum Gasteiger partial charge on any atom is -0.368 e. The summed E-state index contributed by atoms with van der Waals surface area (Å²) in [6.07, 6.45) is 1.48. The molecule has 0 aliphatic rings. The highest BCUT2D eigenvalue weighted by atomic mass is 32.1. The second-order valence-electron chi connectivity index (χ2n) is 2.84. The van der Waals surface area contributed by atoms with Crippen LogP contribution in [0.1, 0.15) is 21.6 Å². The number of thiazole rings is 1. The lowest BCUT2D eigenvalue weighted by atomic mass is 10.3. The van der Waals surface area contributed by atoms with Gasteiger partial charge >= 0.3 is 0 Å². The zero-order chi connectivity index (χ0) is 10.7. The van der Waals surface area contributed by atoms with Gasteiger partial charge in [-0.2, -0.15) is 0 Å². The first kappa shape index (κ1) is 10.6. The fourth-order valence-corrected chi connectivity index (χ4v) is 1.49. The molecule has 76 valence electrons. The van der Waals surface area contributed by atoms with Gasteiger partial charge in [0.25, 0.3) is 5.91 Å². The molecule has 1 rings (SSSR count). The maximum atomic E-state index is 11.4. The van der Waals surface area contributed by atoms with E-state index in [1.165, 1.54) is 24.5 Å². The van der Waals surface area contributed by atoms with Crippen molar-refractivity contribution in [1.82, 2.24) is 10.3 Å². The van der Waals surface area contributed by atoms with Crippen LogP contribution >= 0.6 is 11.3 Å². The number of amides is 2. The van der Waals surface area contributed by atoms with Gasteiger partial charge in [-0.15, -0.1) is 11.3 Å². The fraction of sp³-hybridized carbons (Fsp3) is 0.375. The molecule has 5 nitrogen and oxygen atoms in total.